The van der Waals surface area contributed by atoms with Gasteiger partial charge in [0.25, 0.3) is 0 Å². The maximum absolute atomic E-state index is 11.8. The molecule has 1 saturated heterocycles. The smallest absolute Gasteiger partial charge is 0.232 e. The van der Waals surface area contributed by atoms with Gasteiger partial charge in [0, 0.05) is 37.1 Å². The number of sulfonamides is 1. The molecule has 2 N–H and O–H groups in total. The van der Waals surface area contributed by atoms with Crippen molar-refractivity contribution in [1.29, 1.82) is 0 Å². The van der Waals surface area contributed by atoms with Gasteiger partial charge in [0.2, 0.25) is 10.0 Å². The molecule has 1 aromatic heterocycles. The quantitative estimate of drug-likeness (QED) is 0.706. The molecule has 0 atom stereocenters. The monoisotopic (exact) mass is 405 g/mol. The highest BCUT2D eigenvalue weighted by atomic mass is 32.2. The predicted octanol–water partition coefficient (Wildman–Crippen LogP) is 2.52. The maximum Gasteiger partial charge on any atom is 0.232 e. The average Bonchev–Trinajstić information content (AvgIpc) is 2.99. The Kier molecular flexibility index (Phi) is 6.61. The SMILES string of the molecule is CCS(=O)(=O)Nc1cccc(N2CCC(NCCn3nc(C)cc3C)CC2)c1. The molecule has 7 nitrogen and oxygen atoms in total. The van der Waals surface area contributed by atoms with Crippen molar-refractivity contribution in [3.63, 3.8) is 0 Å². The van der Waals surface area contributed by atoms with Crippen LogP contribution in [-0.4, -0.2) is 49.6 Å². The molecule has 0 radical (unpaired) electrons. The zero-order valence-corrected chi connectivity index (χ0v) is 17.8. The van der Waals surface area contributed by atoms with Crippen LogP contribution in [0.4, 0.5) is 11.4 Å². The number of benzene rings is 1. The van der Waals surface area contributed by atoms with E-state index in [1.54, 1.807) is 13.0 Å². The highest BCUT2D eigenvalue weighted by molar-refractivity contribution is 7.92. The van der Waals surface area contributed by atoms with E-state index in [4.69, 9.17) is 0 Å². The molecule has 154 valence electrons. The first kappa shape index (κ1) is 20.7. The number of aryl methyl sites for hydroxylation is 2. The molecular weight excluding hydrogens is 374 g/mol. The summed E-state index contributed by atoms with van der Waals surface area (Å²) in [4.78, 5) is 2.32. The molecule has 0 amide bonds. The lowest BCUT2D eigenvalue weighted by Gasteiger charge is -2.34. The molecule has 1 aliphatic rings. The molecule has 3 rings (SSSR count). The minimum atomic E-state index is -3.25. The fourth-order valence-corrected chi connectivity index (χ4v) is 4.27. The van der Waals surface area contributed by atoms with Crippen LogP contribution in [0.15, 0.2) is 30.3 Å². The van der Waals surface area contributed by atoms with Gasteiger partial charge in [0.1, 0.15) is 0 Å². The summed E-state index contributed by atoms with van der Waals surface area (Å²) in [7, 11) is -3.25. The van der Waals surface area contributed by atoms with Crippen LogP contribution < -0.4 is 14.9 Å². The van der Waals surface area contributed by atoms with Gasteiger partial charge >= 0.3 is 0 Å². The average molecular weight is 406 g/mol. The zero-order valence-electron chi connectivity index (χ0n) is 17.0. The van der Waals surface area contributed by atoms with Crippen LogP contribution >= 0.6 is 0 Å². The number of nitrogens with zero attached hydrogens (tertiary/aromatic N) is 3. The van der Waals surface area contributed by atoms with E-state index in [2.05, 4.69) is 37.7 Å². The van der Waals surface area contributed by atoms with Crippen LogP contribution in [0.25, 0.3) is 0 Å². The Morgan fingerprint density at radius 2 is 1.93 bits per heavy atom. The fourth-order valence-electron chi connectivity index (χ4n) is 3.64. The van der Waals surface area contributed by atoms with Crippen molar-refractivity contribution in [1.82, 2.24) is 15.1 Å². The molecule has 0 saturated carbocycles. The minimum Gasteiger partial charge on any atom is -0.371 e. The standard InChI is InChI=1S/C20H31N5O2S/c1-4-28(26,27)23-19-6-5-7-20(15-19)24-11-8-18(9-12-24)21-10-13-25-17(3)14-16(2)22-25/h5-7,14-15,18,21,23H,4,8-13H2,1-3H3. The Hall–Kier alpha value is -2.06. The number of piperidine rings is 1. The van der Waals surface area contributed by atoms with E-state index in [1.807, 2.05) is 25.1 Å². The molecular formula is C20H31N5O2S. The highest BCUT2D eigenvalue weighted by Crippen LogP contribution is 2.24. The summed E-state index contributed by atoms with van der Waals surface area (Å²) >= 11 is 0. The second-order valence-corrected chi connectivity index (χ2v) is 9.43. The number of rotatable bonds is 8. The third kappa shape index (κ3) is 5.48. The Morgan fingerprint density at radius 1 is 1.18 bits per heavy atom. The lowest BCUT2D eigenvalue weighted by atomic mass is 10.0. The Balaban J connectivity index is 1.48. The van der Waals surface area contributed by atoms with Gasteiger partial charge in [-0.2, -0.15) is 5.10 Å². The van der Waals surface area contributed by atoms with Gasteiger partial charge in [-0.3, -0.25) is 9.40 Å². The van der Waals surface area contributed by atoms with E-state index in [-0.39, 0.29) is 5.75 Å². The number of nitrogens with one attached hydrogen (secondary N) is 2. The lowest BCUT2D eigenvalue weighted by Crippen LogP contribution is -2.43. The molecule has 2 heterocycles. The van der Waals surface area contributed by atoms with Crippen molar-refractivity contribution in [3.8, 4) is 0 Å². The number of anilines is 2. The normalized spacial score (nSPS) is 15.8. The van der Waals surface area contributed by atoms with Gasteiger partial charge < -0.3 is 10.2 Å². The summed E-state index contributed by atoms with van der Waals surface area (Å²) in [5.41, 5.74) is 3.96. The van der Waals surface area contributed by atoms with Gasteiger partial charge in [-0.15, -0.1) is 0 Å². The van der Waals surface area contributed by atoms with E-state index in [9.17, 15) is 8.42 Å². The van der Waals surface area contributed by atoms with E-state index >= 15 is 0 Å². The number of hydrogen-bond acceptors (Lipinski definition) is 5. The Morgan fingerprint density at radius 3 is 2.57 bits per heavy atom. The van der Waals surface area contributed by atoms with Gasteiger partial charge in [-0.25, -0.2) is 8.42 Å². The summed E-state index contributed by atoms with van der Waals surface area (Å²) in [6, 6.07) is 10.3. The zero-order chi connectivity index (χ0) is 20.1. The molecule has 1 aromatic carbocycles. The fraction of sp³-hybridized carbons (Fsp3) is 0.550. The topological polar surface area (TPSA) is 79.3 Å². The van der Waals surface area contributed by atoms with Crippen LogP contribution in [0, 0.1) is 13.8 Å². The molecule has 8 heteroatoms. The molecule has 0 spiro atoms. The first-order valence-corrected chi connectivity index (χ1v) is 11.6. The number of aromatic nitrogens is 2. The van der Waals surface area contributed by atoms with Crippen molar-refractivity contribution >= 4 is 21.4 Å². The van der Waals surface area contributed by atoms with E-state index < -0.39 is 10.0 Å². The molecule has 28 heavy (non-hydrogen) atoms. The molecule has 1 fully saturated rings. The van der Waals surface area contributed by atoms with E-state index in [0.717, 1.165) is 50.4 Å². The van der Waals surface area contributed by atoms with Gasteiger partial charge in [0.05, 0.1) is 23.7 Å². The van der Waals surface area contributed by atoms with Crippen LogP contribution in [-0.2, 0) is 16.6 Å². The molecule has 0 aliphatic carbocycles. The van der Waals surface area contributed by atoms with Crippen molar-refractivity contribution < 1.29 is 8.42 Å². The van der Waals surface area contributed by atoms with Crippen LogP contribution in [0.5, 0.6) is 0 Å². The van der Waals surface area contributed by atoms with Crippen LogP contribution in [0.2, 0.25) is 0 Å². The third-order valence-electron chi connectivity index (χ3n) is 5.22. The molecule has 2 aromatic rings. The summed E-state index contributed by atoms with van der Waals surface area (Å²) < 4.78 is 28.3. The van der Waals surface area contributed by atoms with Crippen LogP contribution in [0.3, 0.4) is 0 Å². The van der Waals surface area contributed by atoms with Crippen molar-refractivity contribution in [2.24, 2.45) is 0 Å². The van der Waals surface area contributed by atoms with Gasteiger partial charge in [-0.1, -0.05) is 6.07 Å². The van der Waals surface area contributed by atoms with Gasteiger partial charge in [-0.05, 0) is 57.9 Å². The summed E-state index contributed by atoms with van der Waals surface area (Å²) in [6.07, 6.45) is 2.14. The van der Waals surface area contributed by atoms with E-state index in [1.165, 1.54) is 5.69 Å². The highest BCUT2D eigenvalue weighted by Gasteiger charge is 2.19. The van der Waals surface area contributed by atoms with Crippen molar-refractivity contribution in [2.75, 3.05) is 35.0 Å². The van der Waals surface area contributed by atoms with Crippen LogP contribution in [0.1, 0.15) is 31.2 Å². The molecule has 0 unspecified atom stereocenters. The van der Waals surface area contributed by atoms with E-state index in [0.29, 0.717) is 11.7 Å². The predicted molar refractivity (Wildman–Crippen MR) is 114 cm³/mol. The maximum atomic E-state index is 11.8. The third-order valence-corrected chi connectivity index (χ3v) is 6.53. The molecule has 1 aliphatic heterocycles. The summed E-state index contributed by atoms with van der Waals surface area (Å²) in [6.45, 7) is 9.48. The second-order valence-electron chi connectivity index (χ2n) is 7.42. The Labute approximate surface area is 168 Å². The largest absolute Gasteiger partial charge is 0.371 e. The Bertz CT molecular complexity index is 886. The second kappa shape index (κ2) is 8.96. The number of hydrogen-bond donors (Lipinski definition) is 2. The van der Waals surface area contributed by atoms with Gasteiger partial charge in [0.15, 0.2) is 0 Å². The minimum absolute atomic E-state index is 0.0753. The van der Waals surface area contributed by atoms with Crippen molar-refractivity contribution in [2.45, 2.75) is 46.2 Å². The molecule has 0 bridgehead atoms. The first-order chi connectivity index (χ1) is 13.4. The summed E-state index contributed by atoms with van der Waals surface area (Å²) in [5, 5.41) is 8.15. The lowest BCUT2D eigenvalue weighted by molar-refractivity contribution is 0.399. The summed E-state index contributed by atoms with van der Waals surface area (Å²) in [5.74, 6) is 0.0753. The first-order valence-electron chi connectivity index (χ1n) is 9.96. The van der Waals surface area contributed by atoms with Crippen molar-refractivity contribution in [3.05, 3.63) is 41.7 Å².